The van der Waals surface area contributed by atoms with Gasteiger partial charge in [0.05, 0.1) is 10.9 Å². The van der Waals surface area contributed by atoms with Crippen LogP contribution in [0.1, 0.15) is 80.8 Å². The van der Waals surface area contributed by atoms with Gasteiger partial charge >= 0.3 is 5.63 Å². The minimum Gasteiger partial charge on any atom is -0.506 e. The molecule has 1 saturated carbocycles. The lowest BCUT2D eigenvalue weighted by atomic mass is 9.82. The highest BCUT2D eigenvalue weighted by atomic mass is 16.5. The van der Waals surface area contributed by atoms with E-state index in [0.717, 1.165) is 44.1 Å². The van der Waals surface area contributed by atoms with E-state index in [-0.39, 0.29) is 28.6 Å². The van der Waals surface area contributed by atoms with E-state index >= 15 is 0 Å². The maximum atomic E-state index is 13.4. The Morgan fingerprint density at radius 1 is 1.24 bits per heavy atom. The van der Waals surface area contributed by atoms with Crippen LogP contribution in [0.2, 0.25) is 0 Å². The molecule has 1 N–H and O–H groups in total. The van der Waals surface area contributed by atoms with Crippen molar-refractivity contribution in [3.05, 3.63) is 39.3 Å². The number of fused-ring (bicyclic) bond motifs is 3. The van der Waals surface area contributed by atoms with Crippen molar-refractivity contribution in [2.24, 2.45) is 5.92 Å². The number of carbonyl (C=O) groups excluding carboxylic acids is 1. The molecule has 29 heavy (non-hydrogen) atoms. The molecule has 0 spiro atoms. The van der Waals surface area contributed by atoms with Crippen molar-refractivity contribution in [2.45, 2.75) is 71.3 Å². The summed E-state index contributed by atoms with van der Waals surface area (Å²) in [6.45, 7) is 5.89. The maximum absolute atomic E-state index is 13.4. The zero-order chi connectivity index (χ0) is 20.8. The summed E-state index contributed by atoms with van der Waals surface area (Å²) in [5.74, 6) is 0.0509. The van der Waals surface area contributed by atoms with E-state index in [1.54, 1.807) is 0 Å². The summed E-state index contributed by atoms with van der Waals surface area (Å²) in [5, 5.41) is 11.7. The summed E-state index contributed by atoms with van der Waals surface area (Å²) in [5.41, 5.74) is 0.498. The molecule has 0 atom stereocenters. The Labute approximate surface area is 170 Å². The summed E-state index contributed by atoms with van der Waals surface area (Å²) in [6.07, 6.45) is 9.90. The number of carbonyl (C=O) groups is 1. The van der Waals surface area contributed by atoms with Gasteiger partial charge in [-0.1, -0.05) is 32.6 Å². The van der Waals surface area contributed by atoms with Gasteiger partial charge in [0, 0.05) is 12.0 Å². The molecule has 2 aromatic rings. The monoisotopic (exact) mass is 396 g/mol. The fourth-order valence-electron chi connectivity index (χ4n) is 4.56. The molecule has 0 bridgehead atoms. The number of rotatable bonds is 4. The van der Waals surface area contributed by atoms with Crippen LogP contribution in [0.3, 0.4) is 0 Å². The van der Waals surface area contributed by atoms with Crippen molar-refractivity contribution in [1.82, 2.24) is 0 Å². The second-order valence-electron chi connectivity index (χ2n) is 8.75. The first-order valence-corrected chi connectivity index (χ1v) is 10.6. The number of phenols is 1. The van der Waals surface area contributed by atoms with Crippen LogP contribution in [-0.4, -0.2) is 16.5 Å². The van der Waals surface area contributed by atoms with E-state index in [4.69, 9.17) is 9.15 Å². The van der Waals surface area contributed by atoms with Crippen molar-refractivity contribution >= 4 is 22.8 Å². The van der Waals surface area contributed by atoms with Gasteiger partial charge in [-0.25, -0.2) is 4.79 Å². The highest BCUT2D eigenvalue weighted by Gasteiger charge is 2.34. The zero-order valence-corrected chi connectivity index (χ0v) is 17.3. The Morgan fingerprint density at radius 2 is 1.97 bits per heavy atom. The molecule has 154 valence electrons. The van der Waals surface area contributed by atoms with Crippen LogP contribution in [-0.2, 0) is 6.42 Å². The number of aromatic hydroxyl groups is 1. The van der Waals surface area contributed by atoms with E-state index in [1.807, 2.05) is 32.9 Å². The van der Waals surface area contributed by atoms with Gasteiger partial charge in [0.25, 0.3) is 0 Å². The molecule has 2 aliphatic rings. The van der Waals surface area contributed by atoms with Gasteiger partial charge in [-0.15, -0.1) is 0 Å². The quantitative estimate of drug-likeness (QED) is 0.553. The lowest BCUT2D eigenvalue weighted by Gasteiger charge is -2.30. The molecule has 1 aliphatic heterocycles. The van der Waals surface area contributed by atoms with Crippen molar-refractivity contribution in [3.63, 3.8) is 0 Å². The Morgan fingerprint density at radius 3 is 2.66 bits per heavy atom. The molecule has 4 rings (SSSR count). The average Bonchev–Trinajstić information content (AvgIpc) is 2.67. The normalized spacial score (nSPS) is 18.4. The Hall–Kier alpha value is -2.56. The molecule has 2 heterocycles. The molecule has 0 radical (unpaired) electrons. The number of ether oxygens (including phenoxy) is 1. The number of benzene rings is 1. The first-order chi connectivity index (χ1) is 13.8. The van der Waals surface area contributed by atoms with Crippen molar-refractivity contribution in [3.8, 4) is 11.5 Å². The minimum absolute atomic E-state index is 0.133. The fraction of sp³-hybridized carbons (Fsp3) is 0.500. The van der Waals surface area contributed by atoms with E-state index < -0.39 is 11.2 Å². The third kappa shape index (κ3) is 3.47. The highest BCUT2D eigenvalue weighted by Crippen LogP contribution is 2.47. The van der Waals surface area contributed by atoms with E-state index in [1.165, 1.54) is 6.07 Å². The van der Waals surface area contributed by atoms with Gasteiger partial charge in [0.15, 0.2) is 11.4 Å². The van der Waals surface area contributed by atoms with Gasteiger partial charge in [0.1, 0.15) is 22.7 Å². The molecule has 0 saturated heterocycles. The molecule has 1 aromatic carbocycles. The molecular formula is C24H28O5. The number of hydrogen-bond donors (Lipinski definition) is 1. The third-order valence-electron chi connectivity index (χ3n) is 5.99. The fourth-order valence-corrected chi connectivity index (χ4v) is 4.56. The van der Waals surface area contributed by atoms with Gasteiger partial charge in [-0.2, -0.15) is 0 Å². The van der Waals surface area contributed by atoms with Gasteiger partial charge in [0.2, 0.25) is 0 Å². The molecule has 0 unspecified atom stereocenters. The number of Topliss-reactive ketones (excluding diaryl/α,β-unsaturated/α-hetero) is 1. The van der Waals surface area contributed by atoms with Crippen molar-refractivity contribution in [1.29, 1.82) is 0 Å². The van der Waals surface area contributed by atoms with Crippen LogP contribution in [0.4, 0.5) is 0 Å². The lowest BCUT2D eigenvalue weighted by Crippen LogP contribution is -2.28. The zero-order valence-electron chi connectivity index (χ0n) is 17.3. The standard InChI is InChI=1S/C24H28O5/c1-4-8-15-13-17(25)28-23-18(15)22-16(11-12-24(2,3)29-22)21(27)19(23)20(26)14-9-6-5-7-10-14/h11-14,27H,4-10H2,1-3H3. The number of ketones is 1. The topological polar surface area (TPSA) is 76.7 Å². The Kier molecular flexibility index (Phi) is 5.01. The van der Waals surface area contributed by atoms with E-state index in [2.05, 4.69) is 0 Å². The largest absolute Gasteiger partial charge is 0.506 e. The third-order valence-corrected chi connectivity index (χ3v) is 5.99. The SMILES string of the molecule is CCCc1cc(=O)oc2c(C(=O)C3CCCCC3)c(O)c3c(c12)OC(C)(C)C=C3. The number of hydrogen-bond acceptors (Lipinski definition) is 5. The number of phenolic OH excluding ortho intramolecular Hbond substituents is 1. The predicted octanol–water partition coefficient (Wildman–Crippen LogP) is 5.40. The first-order valence-electron chi connectivity index (χ1n) is 10.6. The summed E-state index contributed by atoms with van der Waals surface area (Å²) >= 11 is 0. The lowest BCUT2D eigenvalue weighted by molar-refractivity contribution is 0.0887. The van der Waals surface area contributed by atoms with Crippen LogP contribution < -0.4 is 10.4 Å². The van der Waals surface area contributed by atoms with Crippen LogP contribution in [0.5, 0.6) is 11.5 Å². The van der Waals surface area contributed by atoms with Crippen LogP contribution in [0.15, 0.2) is 21.4 Å². The molecular weight excluding hydrogens is 368 g/mol. The first kappa shape index (κ1) is 19.7. The van der Waals surface area contributed by atoms with Crippen LogP contribution in [0, 0.1) is 5.92 Å². The Balaban J connectivity index is 2.05. The summed E-state index contributed by atoms with van der Waals surface area (Å²) in [4.78, 5) is 25.8. The molecule has 5 nitrogen and oxygen atoms in total. The van der Waals surface area contributed by atoms with E-state index in [0.29, 0.717) is 23.1 Å². The average molecular weight is 396 g/mol. The summed E-state index contributed by atoms with van der Waals surface area (Å²) in [6, 6.07) is 1.48. The highest BCUT2D eigenvalue weighted by molar-refractivity contribution is 6.13. The van der Waals surface area contributed by atoms with Crippen molar-refractivity contribution in [2.75, 3.05) is 0 Å². The molecule has 5 heteroatoms. The Bertz CT molecular complexity index is 1050. The molecule has 1 fully saturated rings. The smallest absolute Gasteiger partial charge is 0.336 e. The second-order valence-corrected chi connectivity index (χ2v) is 8.75. The molecule has 1 aromatic heterocycles. The van der Waals surface area contributed by atoms with Crippen LogP contribution >= 0.6 is 0 Å². The second kappa shape index (κ2) is 7.36. The van der Waals surface area contributed by atoms with E-state index in [9.17, 15) is 14.7 Å². The van der Waals surface area contributed by atoms with Gasteiger partial charge in [-0.05, 0) is 50.8 Å². The molecule has 0 amide bonds. The predicted molar refractivity (Wildman–Crippen MR) is 113 cm³/mol. The van der Waals surface area contributed by atoms with Gasteiger partial charge in [-0.3, -0.25) is 4.79 Å². The van der Waals surface area contributed by atoms with Crippen molar-refractivity contribution < 1.29 is 19.1 Å². The minimum atomic E-state index is -0.569. The summed E-state index contributed by atoms with van der Waals surface area (Å²) in [7, 11) is 0. The maximum Gasteiger partial charge on any atom is 0.336 e. The molecule has 1 aliphatic carbocycles. The number of aryl methyl sites for hydroxylation is 1. The van der Waals surface area contributed by atoms with Crippen LogP contribution in [0.25, 0.3) is 17.0 Å². The summed E-state index contributed by atoms with van der Waals surface area (Å²) < 4.78 is 11.8. The van der Waals surface area contributed by atoms with Gasteiger partial charge < -0.3 is 14.3 Å².